The summed E-state index contributed by atoms with van der Waals surface area (Å²) in [5, 5.41) is 4.90. The second kappa shape index (κ2) is 7.61. The lowest BCUT2D eigenvalue weighted by Gasteiger charge is -2.03. The van der Waals surface area contributed by atoms with Crippen LogP contribution in [0.5, 0.6) is 0 Å². The lowest BCUT2D eigenvalue weighted by molar-refractivity contribution is 0.674. The van der Waals surface area contributed by atoms with Crippen LogP contribution in [0.15, 0.2) is 30.5 Å². The van der Waals surface area contributed by atoms with Gasteiger partial charge < -0.3 is 9.88 Å². The van der Waals surface area contributed by atoms with Crippen molar-refractivity contribution in [3.05, 3.63) is 36.0 Å². The maximum absolute atomic E-state index is 3.51. The van der Waals surface area contributed by atoms with Gasteiger partial charge in [0.15, 0.2) is 0 Å². The molecular weight excluding hydrogens is 252 g/mol. The number of rotatable bonds is 8. The molecule has 2 rings (SSSR count). The van der Waals surface area contributed by atoms with Gasteiger partial charge in [0.05, 0.1) is 0 Å². The van der Waals surface area contributed by atoms with E-state index in [9.17, 15) is 0 Å². The normalized spacial score (nSPS) is 11.3. The third-order valence-corrected chi connectivity index (χ3v) is 4.17. The van der Waals surface area contributed by atoms with E-state index >= 15 is 0 Å². The molecule has 0 aliphatic carbocycles. The summed E-state index contributed by atoms with van der Waals surface area (Å²) < 4.78 is 2.40. The molecule has 0 saturated carbocycles. The number of fused-ring (bicyclic) bond motifs is 1. The van der Waals surface area contributed by atoms with Crippen molar-refractivity contribution < 1.29 is 0 Å². The van der Waals surface area contributed by atoms with Crippen molar-refractivity contribution in [2.45, 2.75) is 33.4 Å². The maximum atomic E-state index is 3.51. The van der Waals surface area contributed by atoms with Crippen LogP contribution >= 0.6 is 11.8 Å². The number of aryl methyl sites for hydroxylation is 1. The number of benzene rings is 1. The van der Waals surface area contributed by atoms with Gasteiger partial charge in [-0.15, -0.1) is 0 Å². The lowest BCUT2D eigenvalue weighted by atomic mass is 10.2. The second-order valence-corrected chi connectivity index (χ2v) is 6.13. The molecule has 2 aromatic rings. The molecule has 19 heavy (non-hydrogen) atoms. The fourth-order valence-electron chi connectivity index (χ4n) is 2.36. The van der Waals surface area contributed by atoms with Gasteiger partial charge in [0.1, 0.15) is 0 Å². The largest absolute Gasteiger partial charge is 0.346 e. The molecule has 0 aliphatic heterocycles. The first-order valence-electron chi connectivity index (χ1n) is 7.22. The first-order valence-corrected chi connectivity index (χ1v) is 8.37. The standard InChI is InChI=1S/C16H24N2S/c1-3-9-17-12-14-13-18(10-11-19-4-2)16-8-6-5-7-15(14)16/h5-8,13,17H,3-4,9-12H2,1-2H3. The van der Waals surface area contributed by atoms with Crippen LogP contribution in [0.4, 0.5) is 0 Å². The molecule has 0 atom stereocenters. The van der Waals surface area contributed by atoms with Gasteiger partial charge in [0.2, 0.25) is 0 Å². The zero-order valence-electron chi connectivity index (χ0n) is 12.0. The zero-order chi connectivity index (χ0) is 13.5. The van der Waals surface area contributed by atoms with Crippen molar-refractivity contribution in [3.8, 4) is 0 Å². The minimum absolute atomic E-state index is 0.974. The van der Waals surface area contributed by atoms with Gasteiger partial charge in [-0.1, -0.05) is 32.0 Å². The molecule has 0 bridgehead atoms. The Morgan fingerprint density at radius 1 is 1.21 bits per heavy atom. The van der Waals surface area contributed by atoms with E-state index in [-0.39, 0.29) is 0 Å². The highest BCUT2D eigenvalue weighted by Gasteiger charge is 2.07. The predicted molar refractivity (Wildman–Crippen MR) is 86.9 cm³/mol. The number of nitrogens with zero attached hydrogens (tertiary/aromatic N) is 1. The Bertz CT molecular complexity index is 460. The molecule has 104 valence electrons. The molecule has 1 aromatic carbocycles. The summed E-state index contributed by atoms with van der Waals surface area (Å²) in [6, 6.07) is 8.74. The molecule has 0 unspecified atom stereocenters. The highest BCUT2D eigenvalue weighted by atomic mass is 32.2. The van der Waals surface area contributed by atoms with Crippen LogP contribution in [-0.4, -0.2) is 22.6 Å². The van der Waals surface area contributed by atoms with Crippen molar-refractivity contribution >= 4 is 22.7 Å². The van der Waals surface area contributed by atoms with Crippen molar-refractivity contribution in [2.75, 3.05) is 18.1 Å². The molecule has 0 spiro atoms. The first kappa shape index (κ1) is 14.5. The van der Waals surface area contributed by atoms with Gasteiger partial charge in [-0.2, -0.15) is 11.8 Å². The maximum Gasteiger partial charge on any atom is 0.0483 e. The number of para-hydroxylation sites is 1. The lowest BCUT2D eigenvalue weighted by Crippen LogP contribution is -2.13. The topological polar surface area (TPSA) is 17.0 Å². The van der Waals surface area contributed by atoms with Gasteiger partial charge in [-0.25, -0.2) is 0 Å². The Hall–Kier alpha value is -0.930. The van der Waals surface area contributed by atoms with Gasteiger partial charge >= 0.3 is 0 Å². The van der Waals surface area contributed by atoms with Gasteiger partial charge in [-0.3, -0.25) is 0 Å². The smallest absolute Gasteiger partial charge is 0.0483 e. The van der Waals surface area contributed by atoms with Gasteiger partial charge in [0, 0.05) is 35.9 Å². The van der Waals surface area contributed by atoms with E-state index in [1.54, 1.807) is 0 Å². The highest BCUT2D eigenvalue weighted by molar-refractivity contribution is 7.99. The zero-order valence-corrected chi connectivity index (χ0v) is 12.8. The van der Waals surface area contributed by atoms with E-state index in [4.69, 9.17) is 0 Å². The average molecular weight is 276 g/mol. The molecule has 0 amide bonds. The van der Waals surface area contributed by atoms with E-state index < -0.39 is 0 Å². The molecule has 1 heterocycles. The first-order chi connectivity index (χ1) is 9.36. The van der Waals surface area contributed by atoms with Crippen molar-refractivity contribution in [1.29, 1.82) is 0 Å². The number of thioether (sulfide) groups is 1. The molecule has 2 nitrogen and oxygen atoms in total. The quantitative estimate of drug-likeness (QED) is 0.737. The Kier molecular flexibility index (Phi) is 5.80. The minimum atomic E-state index is 0.974. The Morgan fingerprint density at radius 3 is 2.84 bits per heavy atom. The molecule has 0 aliphatic rings. The number of aromatic nitrogens is 1. The molecule has 0 saturated heterocycles. The molecule has 1 aromatic heterocycles. The number of hydrogen-bond acceptors (Lipinski definition) is 2. The molecule has 3 heteroatoms. The predicted octanol–water partition coefficient (Wildman–Crippen LogP) is 3.89. The third-order valence-electron chi connectivity index (χ3n) is 3.29. The van der Waals surface area contributed by atoms with E-state index in [0.29, 0.717) is 0 Å². The average Bonchev–Trinajstić information content (AvgIpc) is 2.79. The third kappa shape index (κ3) is 3.77. The summed E-state index contributed by atoms with van der Waals surface area (Å²) in [5.74, 6) is 2.39. The summed E-state index contributed by atoms with van der Waals surface area (Å²) in [4.78, 5) is 0. The fraction of sp³-hybridized carbons (Fsp3) is 0.500. The molecule has 0 radical (unpaired) electrons. The van der Waals surface area contributed by atoms with Crippen LogP contribution in [0.2, 0.25) is 0 Å². The van der Waals surface area contributed by atoms with Gasteiger partial charge in [-0.05, 0) is 30.3 Å². The Morgan fingerprint density at radius 2 is 2.05 bits per heavy atom. The minimum Gasteiger partial charge on any atom is -0.346 e. The van der Waals surface area contributed by atoms with E-state index in [2.05, 4.69) is 54.2 Å². The fourth-order valence-corrected chi connectivity index (χ4v) is 2.97. The van der Waals surface area contributed by atoms with Crippen LogP contribution in [0.3, 0.4) is 0 Å². The van der Waals surface area contributed by atoms with E-state index in [0.717, 1.165) is 19.6 Å². The van der Waals surface area contributed by atoms with Gasteiger partial charge in [0.25, 0.3) is 0 Å². The molecule has 1 N–H and O–H groups in total. The van der Waals surface area contributed by atoms with Crippen LogP contribution in [0.1, 0.15) is 25.8 Å². The summed E-state index contributed by atoms with van der Waals surface area (Å²) in [7, 11) is 0. The number of hydrogen-bond donors (Lipinski definition) is 1. The van der Waals surface area contributed by atoms with Crippen molar-refractivity contribution in [2.24, 2.45) is 0 Å². The molecule has 0 fully saturated rings. The highest BCUT2D eigenvalue weighted by Crippen LogP contribution is 2.21. The van der Waals surface area contributed by atoms with Crippen molar-refractivity contribution in [3.63, 3.8) is 0 Å². The number of nitrogens with one attached hydrogen (secondary N) is 1. The Labute approximate surface area is 120 Å². The van der Waals surface area contributed by atoms with Crippen LogP contribution in [0.25, 0.3) is 10.9 Å². The van der Waals surface area contributed by atoms with Crippen LogP contribution < -0.4 is 5.32 Å². The second-order valence-electron chi connectivity index (χ2n) is 4.74. The summed E-state index contributed by atoms with van der Waals surface area (Å²) in [5.41, 5.74) is 2.79. The Balaban J connectivity index is 2.16. The van der Waals surface area contributed by atoms with E-state index in [1.807, 2.05) is 11.8 Å². The summed E-state index contributed by atoms with van der Waals surface area (Å²) in [6.07, 6.45) is 3.51. The van der Waals surface area contributed by atoms with E-state index in [1.165, 1.54) is 34.4 Å². The SMILES string of the molecule is CCCNCc1cn(CCSCC)c2ccccc12. The summed E-state index contributed by atoms with van der Waals surface area (Å²) in [6.45, 7) is 7.59. The van der Waals surface area contributed by atoms with Crippen LogP contribution in [-0.2, 0) is 13.1 Å². The molecular formula is C16H24N2S. The van der Waals surface area contributed by atoms with Crippen molar-refractivity contribution in [1.82, 2.24) is 9.88 Å². The van der Waals surface area contributed by atoms with Crippen LogP contribution in [0, 0.1) is 0 Å². The summed E-state index contributed by atoms with van der Waals surface area (Å²) >= 11 is 2.01. The monoisotopic (exact) mass is 276 g/mol.